The maximum Gasteiger partial charge on any atom is 0.314 e. The monoisotopic (exact) mass is 373 g/mol. The van der Waals surface area contributed by atoms with E-state index in [1.165, 1.54) is 6.07 Å². The van der Waals surface area contributed by atoms with Crippen molar-refractivity contribution < 1.29 is 14.1 Å². The average molecular weight is 373 g/mol. The number of hydrogen-bond acceptors (Lipinski definition) is 6. The number of nitrogens with zero attached hydrogens (tertiary/aromatic N) is 3. The molecule has 8 nitrogen and oxygen atoms in total. The van der Waals surface area contributed by atoms with E-state index in [9.17, 15) is 9.59 Å². The lowest BCUT2D eigenvalue weighted by atomic mass is 10.1. The highest BCUT2D eigenvalue weighted by atomic mass is 32.1. The van der Waals surface area contributed by atoms with Crippen LogP contribution in [-0.2, 0) is 9.59 Å². The van der Waals surface area contributed by atoms with E-state index in [2.05, 4.69) is 20.9 Å². The summed E-state index contributed by atoms with van der Waals surface area (Å²) in [5.41, 5.74) is 2.90. The summed E-state index contributed by atoms with van der Waals surface area (Å²) in [7, 11) is 0. The third kappa shape index (κ3) is 3.99. The van der Waals surface area contributed by atoms with Gasteiger partial charge in [0, 0.05) is 18.3 Å². The van der Waals surface area contributed by atoms with Crippen LogP contribution in [0.25, 0.3) is 0 Å². The first kappa shape index (κ1) is 17.9. The van der Waals surface area contributed by atoms with Gasteiger partial charge in [-0.2, -0.15) is 16.4 Å². The summed E-state index contributed by atoms with van der Waals surface area (Å²) in [5, 5.41) is 17.2. The van der Waals surface area contributed by atoms with Gasteiger partial charge in [-0.15, -0.1) is 0 Å². The molecular formula is C17H19N5O3S. The molecule has 0 aromatic carbocycles. The van der Waals surface area contributed by atoms with E-state index in [-0.39, 0.29) is 18.4 Å². The Labute approximate surface area is 154 Å². The van der Waals surface area contributed by atoms with E-state index in [1.54, 1.807) is 18.3 Å². The quantitative estimate of drug-likeness (QED) is 0.668. The lowest BCUT2D eigenvalue weighted by Gasteiger charge is -2.19. The Morgan fingerprint density at radius 2 is 2.08 bits per heavy atom. The molecule has 0 aliphatic carbocycles. The van der Waals surface area contributed by atoms with Crippen molar-refractivity contribution in [3.63, 3.8) is 0 Å². The minimum Gasteiger partial charge on any atom is -0.360 e. The zero-order chi connectivity index (χ0) is 18.7. The summed E-state index contributed by atoms with van der Waals surface area (Å²) in [5.74, 6) is -0.790. The molecule has 3 heterocycles. The number of thiophene rings is 1. The fraction of sp³-hybridized carbons (Fsp3) is 0.294. The van der Waals surface area contributed by atoms with Crippen LogP contribution in [0.4, 0.5) is 5.82 Å². The van der Waals surface area contributed by atoms with Gasteiger partial charge in [0.1, 0.15) is 5.76 Å². The first-order valence-electron chi connectivity index (χ1n) is 8.01. The van der Waals surface area contributed by atoms with Crippen LogP contribution >= 0.6 is 11.3 Å². The first-order valence-corrected chi connectivity index (χ1v) is 8.95. The molecule has 0 aliphatic heterocycles. The highest BCUT2D eigenvalue weighted by molar-refractivity contribution is 7.08. The van der Waals surface area contributed by atoms with Crippen molar-refractivity contribution in [2.75, 3.05) is 11.9 Å². The number of nitrogens with one attached hydrogen (secondary N) is 2. The van der Waals surface area contributed by atoms with Crippen LogP contribution in [0.3, 0.4) is 0 Å². The van der Waals surface area contributed by atoms with Crippen molar-refractivity contribution in [1.82, 2.24) is 20.3 Å². The lowest BCUT2D eigenvalue weighted by Crippen LogP contribution is -2.39. The number of aromatic nitrogens is 3. The number of rotatable bonds is 5. The summed E-state index contributed by atoms with van der Waals surface area (Å²) in [4.78, 5) is 24.1. The van der Waals surface area contributed by atoms with Crippen LogP contribution in [0.1, 0.15) is 28.8 Å². The molecule has 0 spiro atoms. The number of aryl methyl sites for hydroxylation is 3. The molecule has 136 valence electrons. The summed E-state index contributed by atoms with van der Waals surface area (Å²) in [6.07, 6.45) is 0. The molecular weight excluding hydrogens is 354 g/mol. The minimum absolute atomic E-state index is 0.194. The van der Waals surface area contributed by atoms with Crippen LogP contribution in [0.5, 0.6) is 0 Å². The van der Waals surface area contributed by atoms with Crippen molar-refractivity contribution in [3.05, 3.63) is 51.7 Å². The molecule has 3 aromatic heterocycles. The summed E-state index contributed by atoms with van der Waals surface area (Å²) in [6, 6.07) is 5.30. The van der Waals surface area contributed by atoms with Gasteiger partial charge in [-0.1, -0.05) is 5.16 Å². The predicted octanol–water partition coefficient (Wildman–Crippen LogP) is 2.20. The molecule has 3 aromatic rings. The van der Waals surface area contributed by atoms with E-state index >= 15 is 0 Å². The summed E-state index contributed by atoms with van der Waals surface area (Å²) < 4.78 is 6.72. The van der Waals surface area contributed by atoms with Gasteiger partial charge in [-0.05, 0) is 49.2 Å². The molecule has 26 heavy (non-hydrogen) atoms. The smallest absolute Gasteiger partial charge is 0.314 e. The van der Waals surface area contributed by atoms with Crippen molar-refractivity contribution in [3.8, 4) is 0 Å². The maximum atomic E-state index is 12.1. The Hall–Kier alpha value is -2.94. The van der Waals surface area contributed by atoms with Crippen molar-refractivity contribution in [2.24, 2.45) is 0 Å². The third-order valence-electron chi connectivity index (χ3n) is 3.80. The van der Waals surface area contributed by atoms with E-state index in [0.29, 0.717) is 5.76 Å². The van der Waals surface area contributed by atoms with E-state index in [4.69, 9.17) is 4.52 Å². The first-order chi connectivity index (χ1) is 12.4. The minimum atomic E-state index is -0.796. The van der Waals surface area contributed by atoms with Gasteiger partial charge in [-0.25, -0.2) is 0 Å². The SMILES string of the molecule is Cc1cc(C)n([C@@H](CNC(=O)C(=O)Nc2cc(C)on2)c2ccsc2)n1. The number of carbonyl (C=O) groups excluding carboxylic acids is 2. The van der Waals surface area contributed by atoms with E-state index in [1.807, 2.05) is 41.4 Å². The van der Waals surface area contributed by atoms with Crippen LogP contribution in [0.2, 0.25) is 0 Å². The van der Waals surface area contributed by atoms with E-state index < -0.39 is 11.8 Å². The fourth-order valence-corrected chi connectivity index (χ4v) is 3.35. The zero-order valence-electron chi connectivity index (χ0n) is 14.6. The second-order valence-electron chi connectivity index (χ2n) is 5.93. The maximum absolute atomic E-state index is 12.1. The molecule has 1 atom stereocenters. The largest absolute Gasteiger partial charge is 0.360 e. The fourth-order valence-electron chi connectivity index (χ4n) is 2.64. The number of amides is 2. The van der Waals surface area contributed by atoms with Crippen LogP contribution in [0, 0.1) is 20.8 Å². The van der Waals surface area contributed by atoms with E-state index in [0.717, 1.165) is 17.0 Å². The molecule has 0 aliphatic rings. The topological polar surface area (TPSA) is 102 Å². The molecule has 2 N–H and O–H groups in total. The van der Waals surface area contributed by atoms with Gasteiger partial charge in [0.25, 0.3) is 0 Å². The van der Waals surface area contributed by atoms with Crippen molar-refractivity contribution >= 4 is 29.0 Å². The Morgan fingerprint density at radius 1 is 1.27 bits per heavy atom. The van der Waals surface area contributed by atoms with Crippen molar-refractivity contribution in [2.45, 2.75) is 26.8 Å². The normalized spacial score (nSPS) is 12.0. The van der Waals surface area contributed by atoms with Crippen LogP contribution in [-0.4, -0.2) is 33.3 Å². The highest BCUT2D eigenvalue weighted by Crippen LogP contribution is 2.22. The third-order valence-corrected chi connectivity index (χ3v) is 4.50. The molecule has 9 heteroatoms. The van der Waals surface area contributed by atoms with Gasteiger partial charge < -0.3 is 9.84 Å². The highest BCUT2D eigenvalue weighted by Gasteiger charge is 2.21. The average Bonchev–Trinajstić information content (AvgIpc) is 3.31. The number of anilines is 1. The zero-order valence-corrected chi connectivity index (χ0v) is 15.5. The number of carbonyl (C=O) groups is 2. The molecule has 0 saturated heterocycles. The van der Waals surface area contributed by atoms with Crippen LogP contribution < -0.4 is 10.6 Å². The molecule has 0 radical (unpaired) electrons. The van der Waals surface area contributed by atoms with Gasteiger partial charge in [-0.3, -0.25) is 19.6 Å². The number of hydrogen-bond donors (Lipinski definition) is 2. The van der Waals surface area contributed by atoms with Gasteiger partial charge in [0.05, 0.1) is 11.7 Å². The van der Waals surface area contributed by atoms with Gasteiger partial charge in [0.15, 0.2) is 5.82 Å². The molecule has 3 rings (SSSR count). The Bertz CT molecular complexity index is 913. The summed E-state index contributed by atoms with van der Waals surface area (Å²) in [6.45, 7) is 5.81. The molecule has 2 amide bonds. The van der Waals surface area contributed by atoms with Gasteiger partial charge >= 0.3 is 11.8 Å². The standard InChI is InChI=1S/C17H19N5O3S/c1-10-6-11(2)22(20-10)14(13-4-5-26-9-13)8-18-16(23)17(24)19-15-7-12(3)25-21-15/h4-7,9,14H,8H2,1-3H3,(H,18,23)(H,19,21,24)/t14-/m0/s1. The van der Waals surface area contributed by atoms with Gasteiger partial charge in [0.2, 0.25) is 0 Å². The molecule has 0 bridgehead atoms. The Balaban J connectivity index is 1.68. The van der Waals surface area contributed by atoms with Crippen LogP contribution in [0.15, 0.2) is 33.5 Å². The second kappa shape index (κ2) is 7.52. The Kier molecular flexibility index (Phi) is 5.17. The molecule has 0 unspecified atom stereocenters. The summed E-state index contributed by atoms with van der Waals surface area (Å²) >= 11 is 1.57. The van der Waals surface area contributed by atoms with Crippen molar-refractivity contribution in [1.29, 1.82) is 0 Å². The lowest BCUT2D eigenvalue weighted by molar-refractivity contribution is -0.136. The predicted molar refractivity (Wildman–Crippen MR) is 97.0 cm³/mol. The molecule has 0 saturated carbocycles. The second-order valence-corrected chi connectivity index (χ2v) is 6.71. The Morgan fingerprint density at radius 3 is 2.65 bits per heavy atom. The molecule has 0 fully saturated rings.